The third-order valence-corrected chi connectivity index (χ3v) is 6.44. The first-order valence-electron chi connectivity index (χ1n) is 10.2. The molecule has 0 N–H and O–H groups in total. The minimum atomic E-state index is -0.0473. The minimum absolute atomic E-state index is 0.0473. The van der Waals surface area contributed by atoms with Gasteiger partial charge in [0.1, 0.15) is 5.69 Å². The number of nitriles is 1. The van der Waals surface area contributed by atoms with Gasteiger partial charge in [0.15, 0.2) is 5.78 Å². The van der Waals surface area contributed by atoms with Crippen LogP contribution in [0.1, 0.15) is 33.3 Å². The van der Waals surface area contributed by atoms with Crippen LogP contribution < -0.4 is 0 Å². The standard InChI is InChI=1S/C26H18N4OS/c1-17(14-27)25-20-9-5-6-10-21(20)26(31)22(25)13-19-11-12-24(32-19)23-16-30(29-28-23)15-18-7-3-2-4-8-18/h2-13,16H,15H2,1H3/b22-13-,25-17-. The number of Topliss-reactive ketones (excluding diaryl/α,β-unsaturated/α-hetero) is 1. The summed E-state index contributed by atoms with van der Waals surface area (Å²) in [6, 6.07) is 23.7. The number of thiophene rings is 1. The van der Waals surface area contributed by atoms with Gasteiger partial charge in [0.25, 0.3) is 0 Å². The Hall–Kier alpha value is -4.08. The van der Waals surface area contributed by atoms with Gasteiger partial charge in [0.05, 0.1) is 23.7 Å². The predicted octanol–water partition coefficient (Wildman–Crippen LogP) is 5.63. The Morgan fingerprint density at radius 1 is 1.06 bits per heavy atom. The minimum Gasteiger partial charge on any atom is -0.289 e. The maximum atomic E-state index is 13.1. The van der Waals surface area contributed by atoms with E-state index in [4.69, 9.17) is 0 Å². The molecule has 154 valence electrons. The van der Waals surface area contributed by atoms with Gasteiger partial charge in [0.2, 0.25) is 0 Å². The lowest BCUT2D eigenvalue weighted by atomic mass is 10.00. The highest BCUT2D eigenvalue weighted by atomic mass is 32.1. The molecule has 2 aromatic carbocycles. The molecule has 1 aliphatic carbocycles. The maximum Gasteiger partial charge on any atom is 0.194 e. The van der Waals surface area contributed by atoms with Crippen molar-refractivity contribution >= 4 is 28.8 Å². The van der Waals surface area contributed by atoms with E-state index in [1.54, 1.807) is 18.3 Å². The van der Waals surface area contributed by atoms with Gasteiger partial charge in [-0.15, -0.1) is 16.4 Å². The normalized spacial score (nSPS) is 15.6. The number of aromatic nitrogens is 3. The van der Waals surface area contributed by atoms with Crippen molar-refractivity contribution in [3.05, 3.63) is 106 Å². The molecule has 0 saturated heterocycles. The summed E-state index contributed by atoms with van der Waals surface area (Å²) in [6.07, 6.45) is 3.80. The molecule has 6 heteroatoms. The van der Waals surface area contributed by atoms with Gasteiger partial charge in [-0.25, -0.2) is 4.68 Å². The summed E-state index contributed by atoms with van der Waals surface area (Å²) < 4.78 is 1.82. The van der Waals surface area contributed by atoms with Crippen molar-refractivity contribution < 1.29 is 4.79 Å². The Bertz CT molecular complexity index is 1430. The first-order valence-corrected chi connectivity index (χ1v) is 11.0. The number of fused-ring (bicyclic) bond motifs is 1. The number of hydrogen-bond acceptors (Lipinski definition) is 5. The topological polar surface area (TPSA) is 71.6 Å². The zero-order chi connectivity index (χ0) is 22.1. The lowest BCUT2D eigenvalue weighted by Gasteiger charge is -2.02. The van der Waals surface area contributed by atoms with Crippen LogP contribution in [0.25, 0.3) is 22.2 Å². The first-order chi connectivity index (χ1) is 15.6. The third kappa shape index (κ3) is 3.59. The zero-order valence-electron chi connectivity index (χ0n) is 17.3. The monoisotopic (exact) mass is 434 g/mol. The van der Waals surface area contributed by atoms with Gasteiger partial charge in [-0.2, -0.15) is 5.26 Å². The summed E-state index contributed by atoms with van der Waals surface area (Å²) in [5, 5.41) is 18.1. The number of carbonyl (C=O) groups excluding carboxylic acids is 1. The van der Waals surface area contributed by atoms with Crippen LogP contribution in [-0.2, 0) is 6.54 Å². The van der Waals surface area contributed by atoms with Gasteiger partial charge >= 0.3 is 0 Å². The molecule has 0 atom stereocenters. The van der Waals surface area contributed by atoms with Crippen molar-refractivity contribution in [2.75, 3.05) is 0 Å². The molecule has 2 aromatic heterocycles. The van der Waals surface area contributed by atoms with E-state index in [9.17, 15) is 10.1 Å². The largest absolute Gasteiger partial charge is 0.289 e. The number of benzene rings is 2. The molecule has 0 fully saturated rings. The fourth-order valence-electron chi connectivity index (χ4n) is 3.87. The molecular weight excluding hydrogens is 416 g/mol. The van der Waals surface area contributed by atoms with E-state index in [2.05, 4.69) is 28.5 Å². The predicted molar refractivity (Wildman–Crippen MR) is 126 cm³/mol. The quantitative estimate of drug-likeness (QED) is 0.308. The average molecular weight is 435 g/mol. The van der Waals surface area contributed by atoms with Crippen LogP contribution in [-0.4, -0.2) is 20.8 Å². The highest BCUT2D eigenvalue weighted by Crippen LogP contribution is 2.40. The van der Waals surface area contributed by atoms with Gasteiger partial charge in [-0.1, -0.05) is 59.8 Å². The molecule has 2 heterocycles. The third-order valence-electron chi connectivity index (χ3n) is 5.39. The number of allylic oxidation sites excluding steroid dienone is 3. The van der Waals surface area contributed by atoms with Crippen molar-refractivity contribution in [3.63, 3.8) is 0 Å². The summed E-state index contributed by atoms with van der Waals surface area (Å²) in [4.78, 5) is 15.0. The molecule has 4 aromatic rings. The molecule has 0 aliphatic heterocycles. The molecule has 0 spiro atoms. The summed E-state index contributed by atoms with van der Waals surface area (Å²) in [5.74, 6) is -0.0473. The van der Waals surface area contributed by atoms with Crippen LogP contribution in [0.3, 0.4) is 0 Å². The summed E-state index contributed by atoms with van der Waals surface area (Å²) >= 11 is 1.54. The van der Waals surface area contributed by atoms with E-state index < -0.39 is 0 Å². The van der Waals surface area contributed by atoms with E-state index in [1.165, 1.54) is 0 Å². The van der Waals surface area contributed by atoms with E-state index >= 15 is 0 Å². The SMILES string of the molecule is C/C(C#N)=C1/C(=C/c2ccc(-c3cn(Cc4ccccc4)nn3)s2)C(=O)c2ccccc21. The lowest BCUT2D eigenvalue weighted by molar-refractivity contribution is 0.104. The van der Waals surface area contributed by atoms with E-state index in [0.29, 0.717) is 23.3 Å². The number of carbonyl (C=O) groups is 1. The zero-order valence-corrected chi connectivity index (χ0v) is 18.1. The number of rotatable bonds is 4. The van der Waals surface area contributed by atoms with Crippen LogP contribution in [0.4, 0.5) is 0 Å². The van der Waals surface area contributed by atoms with Crippen LogP contribution in [0.2, 0.25) is 0 Å². The van der Waals surface area contributed by atoms with Crippen molar-refractivity contribution in [1.82, 2.24) is 15.0 Å². The molecule has 0 unspecified atom stereocenters. The molecular formula is C26H18N4OS. The summed E-state index contributed by atoms with van der Waals surface area (Å²) in [5.41, 5.74) is 5.23. The summed E-state index contributed by atoms with van der Waals surface area (Å²) in [7, 11) is 0. The van der Waals surface area contributed by atoms with Crippen LogP contribution in [0.5, 0.6) is 0 Å². The molecule has 32 heavy (non-hydrogen) atoms. The van der Waals surface area contributed by atoms with Gasteiger partial charge in [0, 0.05) is 27.2 Å². The smallest absolute Gasteiger partial charge is 0.194 e. The second-order valence-electron chi connectivity index (χ2n) is 7.53. The number of hydrogen-bond donors (Lipinski definition) is 0. The fraction of sp³-hybridized carbons (Fsp3) is 0.0769. The van der Waals surface area contributed by atoms with Crippen LogP contribution in [0.15, 0.2) is 84.1 Å². The number of ketones is 1. The Labute approximate surface area is 189 Å². The Morgan fingerprint density at radius 3 is 2.59 bits per heavy atom. The van der Waals surface area contributed by atoms with Crippen LogP contribution in [0, 0.1) is 11.3 Å². The van der Waals surface area contributed by atoms with Crippen LogP contribution >= 0.6 is 11.3 Å². The Balaban J connectivity index is 1.46. The average Bonchev–Trinajstić information content (AvgIpc) is 3.54. The van der Waals surface area contributed by atoms with Crippen molar-refractivity contribution in [3.8, 4) is 16.6 Å². The van der Waals surface area contributed by atoms with Crippen molar-refractivity contribution in [2.24, 2.45) is 0 Å². The fourth-order valence-corrected chi connectivity index (χ4v) is 4.77. The molecule has 1 aliphatic rings. The van der Waals surface area contributed by atoms with E-state index in [1.807, 2.05) is 71.6 Å². The second kappa shape index (κ2) is 8.22. The Kier molecular flexibility index (Phi) is 5.10. The van der Waals surface area contributed by atoms with Crippen molar-refractivity contribution in [1.29, 1.82) is 5.26 Å². The van der Waals surface area contributed by atoms with Gasteiger partial charge in [-0.05, 0) is 36.3 Å². The maximum absolute atomic E-state index is 13.1. The molecule has 0 bridgehead atoms. The Morgan fingerprint density at radius 2 is 1.81 bits per heavy atom. The lowest BCUT2D eigenvalue weighted by Crippen LogP contribution is -1.99. The number of nitrogens with zero attached hydrogens (tertiary/aromatic N) is 4. The summed E-state index contributed by atoms with van der Waals surface area (Å²) in [6.45, 7) is 2.41. The van der Waals surface area contributed by atoms with Gasteiger partial charge < -0.3 is 0 Å². The molecule has 0 saturated carbocycles. The van der Waals surface area contributed by atoms with E-state index in [-0.39, 0.29) is 5.78 Å². The van der Waals surface area contributed by atoms with Crippen molar-refractivity contribution in [2.45, 2.75) is 13.5 Å². The van der Waals surface area contributed by atoms with Gasteiger partial charge in [-0.3, -0.25) is 4.79 Å². The first kappa shape index (κ1) is 19.9. The highest BCUT2D eigenvalue weighted by Gasteiger charge is 2.31. The molecule has 0 radical (unpaired) electrons. The molecule has 0 amide bonds. The molecule has 5 rings (SSSR count). The molecule has 5 nitrogen and oxygen atoms in total. The highest BCUT2D eigenvalue weighted by molar-refractivity contribution is 7.16. The second-order valence-corrected chi connectivity index (χ2v) is 8.65. The van der Waals surface area contributed by atoms with E-state index in [0.717, 1.165) is 32.1 Å².